The fourth-order valence-corrected chi connectivity index (χ4v) is 2.03. The van der Waals surface area contributed by atoms with Gasteiger partial charge in [-0.25, -0.2) is 4.79 Å². The average molecular weight is 352 g/mol. The van der Waals surface area contributed by atoms with Gasteiger partial charge in [0.15, 0.2) is 18.1 Å². The van der Waals surface area contributed by atoms with Gasteiger partial charge in [0.1, 0.15) is 6.61 Å². The first-order valence-electron chi connectivity index (χ1n) is 6.20. The lowest BCUT2D eigenvalue weighted by Crippen LogP contribution is -2.15. The summed E-state index contributed by atoms with van der Waals surface area (Å²) in [4.78, 5) is 15.6. The van der Waals surface area contributed by atoms with Crippen molar-refractivity contribution in [3.05, 3.63) is 52.8 Å². The molecule has 5 nitrogen and oxygen atoms in total. The summed E-state index contributed by atoms with van der Waals surface area (Å²) in [7, 11) is 1.54. The largest absolute Gasteiger partial charge is 0.493 e. The minimum absolute atomic E-state index is 0.153. The SMILES string of the molecule is COc1ccccc1OCC(=O)OCc1cncc(Br)c1. The number of carbonyl (C=O) groups excluding carboxylic acids is 1. The highest BCUT2D eigenvalue weighted by Gasteiger charge is 2.08. The molecule has 0 atom stereocenters. The molecule has 1 heterocycles. The van der Waals surface area contributed by atoms with Crippen molar-refractivity contribution >= 4 is 21.9 Å². The van der Waals surface area contributed by atoms with Crippen LogP contribution in [0.2, 0.25) is 0 Å². The zero-order chi connectivity index (χ0) is 15.1. The van der Waals surface area contributed by atoms with E-state index < -0.39 is 5.97 Å². The standard InChI is InChI=1S/C15H14BrNO4/c1-19-13-4-2-3-5-14(13)20-10-15(18)21-9-11-6-12(16)8-17-7-11/h2-8H,9-10H2,1H3. The van der Waals surface area contributed by atoms with Crippen LogP contribution >= 0.6 is 15.9 Å². The summed E-state index contributed by atoms with van der Waals surface area (Å²) in [6.07, 6.45) is 3.30. The van der Waals surface area contributed by atoms with Gasteiger partial charge < -0.3 is 14.2 Å². The number of benzene rings is 1. The quantitative estimate of drug-likeness (QED) is 0.748. The number of nitrogens with zero attached hydrogens (tertiary/aromatic N) is 1. The Morgan fingerprint density at radius 3 is 2.71 bits per heavy atom. The number of rotatable bonds is 6. The van der Waals surface area contributed by atoms with E-state index in [-0.39, 0.29) is 13.2 Å². The first kappa shape index (κ1) is 15.3. The zero-order valence-electron chi connectivity index (χ0n) is 11.4. The number of para-hydroxylation sites is 2. The smallest absolute Gasteiger partial charge is 0.344 e. The third-order valence-corrected chi connectivity index (χ3v) is 3.01. The highest BCUT2D eigenvalue weighted by molar-refractivity contribution is 9.10. The summed E-state index contributed by atoms with van der Waals surface area (Å²) >= 11 is 3.30. The van der Waals surface area contributed by atoms with Gasteiger partial charge in [-0.05, 0) is 34.1 Å². The van der Waals surface area contributed by atoms with E-state index in [9.17, 15) is 4.79 Å². The molecule has 2 rings (SSSR count). The fraction of sp³-hybridized carbons (Fsp3) is 0.200. The molecule has 110 valence electrons. The lowest BCUT2D eigenvalue weighted by molar-refractivity contribution is -0.147. The Morgan fingerprint density at radius 2 is 2.00 bits per heavy atom. The lowest BCUT2D eigenvalue weighted by atomic mass is 10.3. The molecule has 0 aliphatic heterocycles. The molecule has 0 radical (unpaired) electrons. The molecule has 0 fully saturated rings. The van der Waals surface area contributed by atoms with Gasteiger partial charge in [-0.1, -0.05) is 12.1 Å². The van der Waals surface area contributed by atoms with E-state index in [0.717, 1.165) is 10.0 Å². The molecule has 0 amide bonds. The maximum Gasteiger partial charge on any atom is 0.344 e. The van der Waals surface area contributed by atoms with Crippen molar-refractivity contribution in [1.82, 2.24) is 4.98 Å². The second-order valence-electron chi connectivity index (χ2n) is 4.11. The molecule has 0 aliphatic rings. The Kier molecular flexibility index (Phi) is 5.57. The number of halogens is 1. The van der Waals surface area contributed by atoms with Crippen LogP contribution in [-0.4, -0.2) is 24.7 Å². The third kappa shape index (κ3) is 4.75. The molecule has 0 N–H and O–H groups in total. The van der Waals surface area contributed by atoms with Gasteiger partial charge in [0, 0.05) is 22.4 Å². The maximum absolute atomic E-state index is 11.7. The molecule has 0 spiro atoms. The fourth-order valence-electron chi connectivity index (χ4n) is 1.62. The number of methoxy groups -OCH3 is 1. The highest BCUT2D eigenvalue weighted by Crippen LogP contribution is 2.25. The molecule has 0 aliphatic carbocycles. The predicted molar refractivity (Wildman–Crippen MR) is 80.2 cm³/mol. The van der Waals surface area contributed by atoms with Gasteiger partial charge in [0.25, 0.3) is 0 Å². The van der Waals surface area contributed by atoms with Crippen LogP contribution in [0.5, 0.6) is 11.5 Å². The summed E-state index contributed by atoms with van der Waals surface area (Å²) in [5, 5.41) is 0. The van der Waals surface area contributed by atoms with Crippen molar-refractivity contribution in [2.24, 2.45) is 0 Å². The third-order valence-electron chi connectivity index (χ3n) is 2.58. The summed E-state index contributed by atoms with van der Waals surface area (Å²) in [5.41, 5.74) is 0.801. The summed E-state index contributed by atoms with van der Waals surface area (Å²) in [6.45, 7) is -0.0254. The molecule has 1 aromatic heterocycles. The Bertz CT molecular complexity index is 618. The van der Waals surface area contributed by atoms with E-state index in [0.29, 0.717) is 11.5 Å². The first-order chi connectivity index (χ1) is 10.2. The molecular weight excluding hydrogens is 338 g/mol. The van der Waals surface area contributed by atoms with Crippen LogP contribution in [-0.2, 0) is 16.1 Å². The van der Waals surface area contributed by atoms with Crippen molar-refractivity contribution in [3.63, 3.8) is 0 Å². The van der Waals surface area contributed by atoms with E-state index in [1.165, 1.54) is 0 Å². The molecule has 21 heavy (non-hydrogen) atoms. The first-order valence-corrected chi connectivity index (χ1v) is 6.99. The highest BCUT2D eigenvalue weighted by atomic mass is 79.9. The van der Waals surface area contributed by atoms with Crippen LogP contribution < -0.4 is 9.47 Å². The van der Waals surface area contributed by atoms with E-state index in [2.05, 4.69) is 20.9 Å². The van der Waals surface area contributed by atoms with Gasteiger partial charge >= 0.3 is 5.97 Å². The van der Waals surface area contributed by atoms with Crippen molar-refractivity contribution in [2.45, 2.75) is 6.61 Å². The van der Waals surface area contributed by atoms with Gasteiger partial charge in [0.2, 0.25) is 0 Å². The van der Waals surface area contributed by atoms with Crippen molar-refractivity contribution in [3.8, 4) is 11.5 Å². The van der Waals surface area contributed by atoms with Crippen LogP contribution in [0.25, 0.3) is 0 Å². The Balaban J connectivity index is 1.82. The maximum atomic E-state index is 11.7. The van der Waals surface area contributed by atoms with Gasteiger partial charge in [-0.3, -0.25) is 4.98 Å². The number of ether oxygens (including phenoxy) is 3. The minimum Gasteiger partial charge on any atom is -0.493 e. The average Bonchev–Trinajstić information content (AvgIpc) is 2.51. The second kappa shape index (κ2) is 7.64. The van der Waals surface area contributed by atoms with E-state index >= 15 is 0 Å². The van der Waals surface area contributed by atoms with Gasteiger partial charge in [0.05, 0.1) is 7.11 Å². The van der Waals surface area contributed by atoms with Crippen LogP contribution in [0.3, 0.4) is 0 Å². The summed E-state index contributed by atoms with van der Waals surface area (Å²) in [5.74, 6) is 0.614. The molecule has 0 unspecified atom stereocenters. The van der Waals surface area contributed by atoms with Gasteiger partial charge in [-0.15, -0.1) is 0 Å². The molecule has 0 saturated carbocycles. The van der Waals surface area contributed by atoms with Gasteiger partial charge in [-0.2, -0.15) is 0 Å². The van der Waals surface area contributed by atoms with E-state index in [1.807, 2.05) is 12.1 Å². The Labute approximate surface area is 131 Å². The molecule has 2 aromatic rings. The van der Waals surface area contributed by atoms with Crippen LogP contribution in [0.15, 0.2) is 47.2 Å². The van der Waals surface area contributed by atoms with Crippen LogP contribution in [0, 0.1) is 0 Å². The van der Waals surface area contributed by atoms with Crippen molar-refractivity contribution in [2.75, 3.05) is 13.7 Å². The van der Waals surface area contributed by atoms with E-state index in [1.54, 1.807) is 37.7 Å². The van der Waals surface area contributed by atoms with Crippen LogP contribution in [0.4, 0.5) is 0 Å². The number of hydrogen-bond acceptors (Lipinski definition) is 5. The van der Waals surface area contributed by atoms with Crippen molar-refractivity contribution in [1.29, 1.82) is 0 Å². The summed E-state index contributed by atoms with van der Waals surface area (Å²) < 4.78 is 16.5. The summed E-state index contributed by atoms with van der Waals surface area (Å²) in [6, 6.07) is 8.94. The zero-order valence-corrected chi connectivity index (χ0v) is 13.0. The van der Waals surface area contributed by atoms with Crippen molar-refractivity contribution < 1.29 is 19.0 Å². The number of pyridine rings is 1. The normalized spacial score (nSPS) is 10.0. The predicted octanol–water partition coefficient (Wildman–Crippen LogP) is 2.97. The number of hydrogen-bond donors (Lipinski definition) is 0. The Hall–Kier alpha value is -2.08. The minimum atomic E-state index is -0.458. The topological polar surface area (TPSA) is 57.7 Å². The van der Waals surface area contributed by atoms with E-state index in [4.69, 9.17) is 14.2 Å². The second-order valence-corrected chi connectivity index (χ2v) is 5.03. The molecule has 6 heteroatoms. The monoisotopic (exact) mass is 351 g/mol. The molecule has 0 saturated heterocycles. The van der Waals surface area contributed by atoms with Crippen LogP contribution in [0.1, 0.15) is 5.56 Å². The number of aromatic nitrogens is 1. The molecule has 1 aromatic carbocycles. The molecule has 0 bridgehead atoms. The number of carbonyl (C=O) groups is 1. The molecular formula is C15H14BrNO4. The lowest BCUT2D eigenvalue weighted by Gasteiger charge is -2.10. The number of esters is 1. The Morgan fingerprint density at radius 1 is 1.24 bits per heavy atom.